The molecule has 2 heteroatoms. The zero-order chi connectivity index (χ0) is 8.27. The summed E-state index contributed by atoms with van der Waals surface area (Å²) in [5, 5.41) is 0.890. The first-order valence-electron chi connectivity index (χ1n) is 3.63. The summed E-state index contributed by atoms with van der Waals surface area (Å²) in [5.74, 6) is 0. The number of nitrogens with two attached hydrogens (primary N) is 1. The number of hydrogen-bond donors (Lipinski definition) is 1. The third-order valence-corrected chi connectivity index (χ3v) is 2.46. The molecular formula is C9H12BrN. The van der Waals surface area contributed by atoms with Gasteiger partial charge < -0.3 is 5.73 Å². The van der Waals surface area contributed by atoms with Crippen LogP contribution in [0.15, 0.2) is 18.2 Å². The number of rotatable bonds is 2. The van der Waals surface area contributed by atoms with Crippen molar-refractivity contribution in [3.63, 3.8) is 0 Å². The molecule has 1 nitrogen and oxygen atoms in total. The number of benzene rings is 1. The summed E-state index contributed by atoms with van der Waals surface area (Å²) >= 11 is 3.43. The molecule has 0 aliphatic rings. The van der Waals surface area contributed by atoms with E-state index in [4.69, 9.17) is 5.73 Å². The van der Waals surface area contributed by atoms with Crippen molar-refractivity contribution in [3.8, 4) is 0 Å². The molecule has 60 valence electrons. The quantitative estimate of drug-likeness (QED) is 0.751. The zero-order valence-electron chi connectivity index (χ0n) is 6.60. The predicted octanol–water partition coefficient (Wildman–Crippen LogP) is 2.35. The Hall–Kier alpha value is -0.340. The molecule has 0 fully saturated rings. The first-order valence-corrected chi connectivity index (χ1v) is 4.75. The van der Waals surface area contributed by atoms with Gasteiger partial charge in [-0.25, -0.2) is 0 Å². The lowest BCUT2D eigenvalue weighted by molar-refractivity contribution is 1.02. The van der Waals surface area contributed by atoms with E-state index in [2.05, 4.69) is 41.1 Å². The van der Waals surface area contributed by atoms with Crippen molar-refractivity contribution in [1.82, 2.24) is 0 Å². The minimum atomic E-state index is 0.633. The fourth-order valence-electron chi connectivity index (χ4n) is 1.18. The molecule has 0 heterocycles. The van der Waals surface area contributed by atoms with E-state index < -0.39 is 0 Å². The highest BCUT2D eigenvalue weighted by Gasteiger charge is 2.00. The second-order valence-corrected chi connectivity index (χ2v) is 3.11. The van der Waals surface area contributed by atoms with Crippen LogP contribution in [-0.4, -0.2) is 0 Å². The van der Waals surface area contributed by atoms with Gasteiger partial charge in [0, 0.05) is 11.9 Å². The van der Waals surface area contributed by atoms with Crippen molar-refractivity contribution >= 4 is 15.9 Å². The molecule has 1 aromatic carbocycles. The summed E-state index contributed by atoms with van der Waals surface area (Å²) in [5.41, 5.74) is 9.45. The lowest BCUT2D eigenvalue weighted by atomic mass is 10.0. The first-order chi connectivity index (χ1) is 5.29. The Bertz CT molecular complexity index is 245. The van der Waals surface area contributed by atoms with Gasteiger partial charge in [0.15, 0.2) is 0 Å². The lowest BCUT2D eigenvalue weighted by Crippen LogP contribution is -2.02. The molecule has 0 aliphatic heterocycles. The van der Waals surface area contributed by atoms with E-state index in [1.165, 1.54) is 16.7 Å². The van der Waals surface area contributed by atoms with Crippen molar-refractivity contribution in [3.05, 3.63) is 34.9 Å². The van der Waals surface area contributed by atoms with Gasteiger partial charge in [-0.3, -0.25) is 0 Å². The Balaban J connectivity index is 3.13. The van der Waals surface area contributed by atoms with E-state index >= 15 is 0 Å². The van der Waals surface area contributed by atoms with Gasteiger partial charge in [0.25, 0.3) is 0 Å². The SMILES string of the molecule is Cc1cccc(CBr)c1CN. The lowest BCUT2D eigenvalue weighted by Gasteiger charge is -2.07. The van der Waals surface area contributed by atoms with Crippen LogP contribution in [0.2, 0.25) is 0 Å². The molecule has 0 aromatic heterocycles. The third-order valence-electron chi connectivity index (χ3n) is 1.86. The Morgan fingerprint density at radius 1 is 1.45 bits per heavy atom. The van der Waals surface area contributed by atoms with Crippen LogP contribution in [-0.2, 0) is 11.9 Å². The molecule has 0 aliphatic carbocycles. The van der Waals surface area contributed by atoms with Crippen molar-refractivity contribution < 1.29 is 0 Å². The van der Waals surface area contributed by atoms with Gasteiger partial charge in [-0.05, 0) is 23.6 Å². The average Bonchev–Trinajstić information content (AvgIpc) is 2.04. The zero-order valence-corrected chi connectivity index (χ0v) is 8.19. The summed E-state index contributed by atoms with van der Waals surface area (Å²) in [7, 11) is 0. The molecule has 2 N–H and O–H groups in total. The fraction of sp³-hybridized carbons (Fsp3) is 0.333. The number of alkyl halides is 1. The Kier molecular flexibility index (Phi) is 3.09. The highest BCUT2D eigenvalue weighted by atomic mass is 79.9. The summed E-state index contributed by atoms with van der Waals surface area (Å²) < 4.78 is 0. The van der Waals surface area contributed by atoms with Crippen LogP contribution in [0.3, 0.4) is 0 Å². The van der Waals surface area contributed by atoms with Crippen molar-refractivity contribution in [2.75, 3.05) is 0 Å². The van der Waals surface area contributed by atoms with Gasteiger partial charge in [0.1, 0.15) is 0 Å². The van der Waals surface area contributed by atoms with E-state index in [1.807, 2.05) is 0 Å². The summed E-state index contributed by atoms with van der Waals surface area (Å²) in [4.78, 5) is 0. The normalized spacial score (nSPS) is 10.1. The van der Waals surface area contributed by atoms with E-state index in [0.717, 1.165) is 5.33 Å². The van der Waals surface area contributed by atoms with Gasteiger partial charge in [-0.15, -0.1) is 0 Å². The predicted molar refractivity (Wildman–Crippen MR) is 51.7 cm³/mol. The largest absolute Gasteiger partial charge is 0.326 e. The second kappa shape index (κ2) is 3.88. The van der Waals surface area contributed by atoms with E-state index in [0.29, 0.717) is 6.54 Å². The fourth-order valence-corrected chi connectivity index (χ4v) is 1.71. The van der Waals surface area contributed by atoms with Crippen LogP contribution < -0.4 is 5.73 Å². The monoisotopic (exact) mass is 213 g/mol. The smallest absolute Gasteiger partial charge is 0.0286 e. The molecule has 0 saturated carbocycles. The van der Waals surface area contributed by atoms with E-state index in [-0.39, 0.29) is 0 Å². The molecule has 0 radical (unpaired) electrons. The van der Waals surface area contributed by atoms with Crippen LogP contribution in [0.4, 0.5) is 0 Å². The van der Waals surface area contributed by atoms with Gasteiger partial charge in [-0.1, -0.05) is 34.1 Å². The molecule has 0 bridgehead atoms. The molecule has 0 atom stereocenters. The van der Waals surface area contributed by atoms with Crippen molar-refractivity contribution in [2.45, 2.75) is 18.8 Å². The second-order valence-electron chi connectivity index (χ2n) is 2.55. The molecule has 11 heavy (non-hydrogen) atoms. The van der Waals surface area contributed by atoms with Crippen LogP contribution in [0.1, 0.15) is 16.7 Å². The highest BCUT2D eigenvalue weighted by molar-refractivity contribution is 9.08. The molecule has 0 saturated heterocycles. The Morgan fingerprint density at radius 3 is 2.64 bits per heavy atom. The molecule has 0 unspecified atom stereocenters. The molecular weight excluding hydrogens is 202 g/mol. The number of aryl methyl sites for hydroxylation is 1. The highest BCUT2D eigenvalue weighted by Crippen LogP contribution is 2.15. The summed E-state index contributed by atoms with van der Waals surface area (Å²) in [6, 6.07) is 6.25. The Labute approximate surface area is 75.7 Å². The average molecular weight is 214 g/mol. The maximum atomic E-state index is 5.61. The standard InChI is InChI=1S/C9H12BrN/c1-7-3-2-4-8(5-10)9(7)6-11/h2-4H,5-6,11H2,1H3. The molecule has 0 spiro atoms. The summed E-state index contributed by atoms with van der Waals surface area (Å²) in [6.45, 7) is 2.72. The van der Waals surface area contributed by atoms with Crippen LogP contribution in [0.25, 0.3) is 0 Å². The molecule has 1 aromatic rings. The molecule has 0 amide bonds. The van der Waals surface area contributed by atoms with Gasteiger partial charge >= 0.3 is 0 Å². The van der Waals surface area contributed by atoms with E-state index in [9.17, 15) is 0 Å². The van der Waals surface area contributed by atoms with Gasteiger partial charge in [-0.2, -0.15) is 0 Å². The van der Waals surface area contributed by atoms with Gasteiger partial charge in [0.05, 0.1) is 0 Å². The molecule has 1 rings (SSSR count). The van der Waals surface area contributed by atoms with Crippen molar-refractivity contribution in [2.24, 2.45) is 5.73 Å². The minimum Gasteiger partial charge on any atom is -0.326 e. The van der Waals surface area contributed by atoms with Crippen LogP contribution in [0, 0.1) is 6.92 Å². The van der Waals surface area contributed by atoms with E-state index in [1.54, 1.807) is 0 Å². The maximum absolute atomic E-state index is 5.61. The maximum Gasteiger partial charge on any atom is 0.0286 e. The topological polar surface area (TPSA) is 26.0 Å². The minimum absolute atomic E-state index is 0.633. The third kappa shape index (κ3) is 1.82. The first kappa shape index (κ1) is 8.75. The van der Waals surface area contributed by atoms with Crippen LogP contribution >= 0.6 is 15.9 Å². The number of hydrogen-bond acceptors (Lipinski definition) is 1. The van der Waals surface area contributed by atoms with Gasteiger partial charge in [0.2, 0.25) is 0 Å². The van der Waals surface area contributed by atoms with Crippen molar-refractivity contribution in [1.29, 1.82) is 0 Å². The summed E-state index contributed by atoms with van der Waals surface area (Å²) in [6.07, 6.45) is 0. The number of halogens is 1. The Morgan fingerprint density at radius 2 is 2.18 bits per heavy atom. The van der Waals surface area contributed by atoms with Crippen LogP contribution in [0.5, 0.6) is 0 Å².